The second kappa shape index (κ2) is 11.2. The number of anilines is 1. The van der Waals surface area contributed by atoms with Crippen molar-refractivity contribution in [2.75, 3.05) is 32.1 Å². The van der Waals surface area contributed by atoms with Gasteiger partial charge in [0.15, 0.2) is 0 Å². The molecule has 1 heterocycles. The van der Waals surface area contributed by atoms with Crippen LogP contribution >= 0.6 is 11.6 Å². The maximum Gasteiger partial charge on any atom is 0.337 e. The van der Waals surface area contributed by atoms with Gasteiger partial charge in [-0.25, -0.2) is 21.6 Å². The second-order valence-corrected chi connectivity index (χ2v) is 12.5. The molecule has 0 spiro atoms. The van der Waals surface area contributed by atoms with E-state index in [-0.39, 0.29) is 39.2 Å². The number of methoxy groups -OCH3 is 1. The van der Waals surface area contributed by atoms with Gasteiger partial charge in [0.25, 0.3) is 0 Å². The minimum Gasteiger partial charge on any atom is -0.465 e. The fourth-order valence-electron chi connectivity index (χ4n) is 4.01. The highest BCUT2D eigenvalue weighted by Gasteiger charge is 2.43. The van der Waals surface area contributed by atoms with Crippen molar-refractivity contribution in [2.24, 2.45) is 0 Å². The molecule has 1 saturated heterocycles. The molecule has 13 heteroatoms. The third-order valence-corrected chi connectivity index (χ3v) is 10.1. The number of amides is 1. The molecule has 200 valence electrons. The third kappa shape index (κ3) is 5.59. The second-order valence-electron chi connectivity index (χ2n) is 8.30. The number of hydrogen-bond acceptors (Lipinski definition) is 7. The lowest BCUT2D eigenvalue weighted by molar-refractivity contribution is -0.120. The van der Waals surface area contributed by atoms with Crippen molar-refractivity contribution in [3.05, 3.63) is 89.4 Å². The first kappa shape index (κ1) is 27.7. The minimum atomic E-state index is -4.17. The Morgan fingerprint density at radius 3 is 2.03 bits per heavy atom. The molecule has 0 unspecified atom stereocenters. The van der Waals surface area contributed by atoms with Crippen molar-refractivity contribution >= 4 is 49.2 Å². The number of nitrogens with one attached hydrogen (secondary N) is 1. The molecule has 38 heavy (non-hydrogen) atoms. The van der Waals surface area contributed by atoms with Gasteiger partial charge in [0, 0.05) is 19.6 Å². The lowest BCUT2D eigenvalue weighted by Gasteiger charge is -2.39. The van der Waals surface area contributed by atoms with Crippen LogP contribution in [-0.4, -0.2) is 70.1 Å². The summed E-state index contributed by atoms with van der Waals surface area (Å²) in [5.74, 6) is -1.48. The molecule has 0 saturated carbocycles. The van der Waals surface area contributed by atoms with Gasteiger partial charge >= 0.3 is 5.97 Å². The van der Waals surface area contributed by atoms with Gasteiger partial charge in [0.05, 0.1) is 33.2 Å². The van der Waals surface area contributed by atoms with E-state index >= 15 is 0 Å². The van der Waals surface area contributed by atoms with E-state index in [4.69, 9.17) is 16.3 Å². The summed E-state index contributed by atoms with van der Waals surface area (Å²) >= 11 is 6.23. The molecule has 1 aliphatic heterocycles. The van der Waals surface area contributed by atoms with E-state index in [9.17, 15) is 26.4 Å². The number of piperazine rings is 1. The maximum absolute atomic E-state index is 13.6. The Labute approximate surface area is 225 Å². The zero-order valence-corrected chi connectivity index (χ0v) is 22.5. The average molecular weight is 578 g/mol. The average Bonchev–Trinajstić information content (AvgIpc) is 2.94. The van der Waals surface area contributed by atoms with Gasteiger partial charge < -0.3 is 10.1 Å². The van der Waals surface area contributed by atoms with Crippen molar-refractivity contribution in [1.29, 1.82) is 0 Å². The highest BCUT2D eigenvalue weighted by molar-refractivity contribution is 7.89. The number of rotatable bonds is 7. The standard InChI is InChI=1S/C25H24ClN3O7S2/c1-36-25(31)18-12-13-21(26)22(16-18)27-24(30)23-17-28(37(32,33)19-8-4-2-5-9-19)14-15-29(23)38(34,35)20-10-6-3-7-11-20/h2-13,16,23H,14-15,17H2,1H3,(H,27,30)/t23-/m1/s1. The molecule has 1 N–H and O–H groups in total. The Morgan fingerprint density at radius 2 is 1.45 bits per heavy atom. The normalized spacial score (nSPS) is 17.1. The number of hydrogen-bond donors (Lipinski definition) is 1. The summed E-state index contributed by atoms with van der Waals surface area (Å²) in [6.45, 7) is -0.869. The Balaban J connectivity index is 1.71. The molecule has 0 aliphatic carbocycles. The van der Waals surface area contributed by atoms with Crippen LogP contribution in [0.5, 0.6) is 0 Å². The molecule has 3 aromatic carbocycles. The number of carbonyl (C=O) groups is 2. The molecule has 1 fully saturated rings. The first-order valence-electron chi connectivity index (χ1n) is 11.4. The number of halogens is 1. The lowest BCUT2D eigenvalue weighted by Crippen LogP contribution is -2.60. The van der Waals surface area contributed by atoms with Gasteiger partial charge in [0.1, 0.15) is 6.04 Å². The number of sulfonamides is 2. The van der Waals surface area contributed by atoms with Crippen LogP contribution in [0.1, 0.15) is 10.4 Å². The van der Waals surface area contributed by atoms with E-state index < -0.39 is 44.5 Å². The number of esters is 1. The highest BCUT2D eigenvalue weighted by Crippen LogP contribution is 2.28. The summed E-state index contributed by atoms with van der Waals surface area (Å²) in [4.78, 5) is 25.5. The fourth-order valence-corrected chi connectivity index (χ4v) is 7.23. The van der Waals surface area contributed by atoms with Gasteiger partial charge in [-0.1, -0.05) is 48.0 Å². The van der Waals surface area contributed by atoms with Crippen molar-refractivity contribution < 1.29 is 31.2 Å². The largest absolute Gasteiger partial charge is 0.465 e. The Kier molecular flexibility index (Phi) is 8.19. The van der Waals surface area contributed by atoms with E-state index in [1.807, 2.05) is 0 Å². The van der Waals surface area contributed by atoms with E-state index in [0.29, 0.717) is 0 Å². The van der Waals surface area contributed by atoms with Gasteiger partial charge in [0.2, 0.25) is 26.0 Å². The molecule has 1 aliphatic rings. The number of benzene rings is 3. The van der Waals surface area contributed by atoms with Gasteiger partial charge in [-0.3, -0.25) is 4.79 Å². The first-order chi connectivity index (χ1) is 18.1. The molecule has 0 radical (unpaired) electrons. The monoisotopic (exact) mass is 577 g/mol. The summed E-state index contributed by atoms with van der Waals surface area (Å²) in [6, 6.07) is 17.9. The molecule has 3 aromatic rings. The van der Waals surface area contributed by atoms with E-state index in [1.165, 1.54) is 49.6 Å². The van der Waals surface area contributed by atoms with Crippen LogP contribution in [0.3, 0.4) is 0 Å². The predicted molar refractivity (Wildman–Crippen MR) is 141 cm³/mol. The van der Waals surface area contributed by atoms with E-state index in [1.54, 1.807) is 36.4 Å². The maximum atomic E-state index is 13.6. The minimum absolute atomic E-state index is 0.0207. The number of ether oxygens (including phenoxy) is 1. The summed E-state index contributed by atoms with van der Waals surface area (Å²) in [5.41, 5.74) is 0.151. The van der Waals surface area contributed by atoms with Crippen LogP contribution < -0.4 is 5.32 Å². The van der Waals surface area contributed by atoms with Gasteiger partial charge in [-0.2, -0.15) is 8.61 Å². The molecular formula is C25H24ClN3O7S2. The molecule has 10 nitrogen and oxygen atoms in total. The lowest BCUT2D eigenvalue weighted by atomic mass is 10.1. The Hall–Kier alpha value is -3.29. The molecule has 1 atom stereocenters. The van der Waals surface area contributed by atoms with Crippen molar-refractivity contribution in [2.45, 2.75) is 15.8 Å². The van der Waals surface area contributed by atoms with Crippen LogP contribution in [0.25, 0.3) is 0 Å². The topological polar surface area (TPSA) is 130 Å². The van der Waals surface area contributed by atoms with Gasteiger partial charge in [-0.05, 0) is 42.5 Å². The summed E-state index contributed by atoms with van der Waals surface area (Å²) in [5, 5.41) is 2.65. The van der Waals surface area contributed by atoms with E-state index in [2.05, 4.69) is 5.32 Å². The van der Waals surface area contributed by atoms with Crippen molar-refractivity contribution in [3.63, 3.8) is 0 Å². The smallest absolute Gasteiger partial charge is 0.337 e. The van der Waals surface area contributed by atoms with E-state index in [0.717, 1.165) is 8.61 Å². The zero-order chi connectivity index (χ0) is 27.5. The number of nitrogens with zero attached hydrogens (tertiary/aromatic N) is 2. The summed E-state index contributed by atoms with van der Waals surface area (Å²) in [6.07, 6.45) is 0. The zero-order valence-electron chi connectivity index (χ0n) is 20.2. The Bertz CT molecular complexity index is 1550. The predicted octanol–water partition coefficient (Wildman–Crippen LogP) is 2.83. The highest BCUT2D eigenvalue weighted by atomic mass is 35.5. The molecule has 1 amide bonds. The fraction of sp³-hybridized carbons (Fsp3) is 0.200. The van der Waals surface area contributed by atoms with Crippen LogP contribution in [0.4, 0.5) is 5.69 Å². The van der Waals surface area contributed by atoms with Crippen LogP contribution in [-0.2, 0) is 29.6 Å². The van der Waals surface area contributed by atoms with Crippen molar-refractivity contribution in [3.8, 4) is 0 Å². The third-order valence-electron chi connectivity index (χ3n) is 5.97. The van der Waals surface area contributed by atoms with Crippen molar-refractivity contribution in [1.82, 2.24) is 8.61 Å². The molecular weight excluding hydrogens is 554 g/mol. The SMILES string of the molecule is COC(=O)c1ccc(Cl)c(NC(=O)[C@H]2CN(S(=O)(=O)c3ccccc3)CCN2S(=O)(=O)c2ccccc2)c1. The van der Waals surface area contributed by atoms with Gasteiger partial charge in [-0.15, -0.1) is 0 Å². The molecule has 0 bridgehead atoms. The van der Waals surface area contributed by atoms with Crippen LogP contribution in [0.2, 0.25) is 5.02 Å². The number of carbonyl (C=O) groups excluding carboxylic acids is 2. The molecule has 4 rings (SSSR count). The van der Waals surface area contributed by atoms with Crippen LogP contribution in [0, 0.1) is 0 Å². The first-order valence-corrected chi connectivity index (χ1v) is 14.6. The molecule has 0 aromatic heterocycles. The quantitative estimate of drug-likeness (QED) is 0.427. The Morgan fingerprint density at radius 1 is 0.868 bits per heavy atom. The summed E-state index contributed by atoms with van der Waals surface area (Å²) < 4.78 is 60.4. The summed E-state index contributed by atoms with van der Waals surface area (Å²) in [7, 11) is -6.99. The van der Waals surface area contributed by atoms with Crippen LogP contribution in [0.15, 0.2) is 88.7 Å².